The van der Waals surface area contributed by atoms with E-state index in [0.29, 0.717) is 19.9 Å². The number of nitrogens with one attached hydrogen (secondary N) is 1. The van der Waals surface area contributed by atoms with E-state index in [2.05, 4.69) is 5.32 Å². The molecule has 0 aliphatic carbocycles. The molecule has 4 nitrogen and oxygen atoms in total. The van der Waals surface area contributed by atoms with E-state index in [-0.39, 0.29) is 12.4 Å². The SMILES string of the molecule is OC(CNCc1ccc2c(c1)OCO2)c1ccccc1.[Cl-]. The molecule has 0 amide bonds. The van der Waals surface area contributed by atoms with Crippen molar-refractivity contribution in [2.24, 2.45) is 0 Å². The quantitative estimate of drug-likeness (QED) is 0.763. The molecule has 21 heavy (non-hydrogen) atoms. The fraction of sp³-hybridized carbons (Fsp3) is 0.250. The summed E-state index contributed by atoms with van der Waals surface area (Å²) in [4.78, 5) is 0. The van der Waals surface area contributed by atoms with Gasteiger partial charge in [-0.15, -0.1) is 0 Å². The summed E-state index contributed by atoms with van der Waals surface area (Å²) in [7, 11) is 0. The molecular formula is C16H17ClNO3-. The predicted octanol–water partition coefficient (Wildman–Crippen LogP) is -0.757. The number of hydrogen-bond acceptors (Lipinski definition) is 4. The second-order valence-corrected chi connectivity index (χ2v) is 4.74. The summed E-state index contributed by atoms with van der Waals surface area (Å²) >= 11 is 0. The molecular weight excluding hydrogens is 290 g/mol. The van der Waals surface area contributed by atoms with Crippen molar-refractivity contribution in [1.29, 1.82) is 0 Å². The van der Waals surface area contributed by atoms with Gasteiger partial charge in [-0.1, -0.05) is 36.4 Å². The Hall–Kier alpha value is -1.75. The molecule has 2 aromatic rings. The molecule has 1 aliphatic heterocycles. The fourth-order valence-corrected chi connectivity index (χ4v) is 2.20. The van der Waals surface area contributed by atoms with Crippen LogP contribution in [-0.2, 0) is 6.54 Å². The van der Waals surface area contributed by atoms with Crippen LogP contribution in [0.25, 0.3) is 0 Å². The first kappa shape index (κ1) is 15.6. The maximum absolute atomic E-state index is 10.0. The lowest BCUT2D eigenvalue weighted by molar-refractivity contribution is -0.00000727. The standard InChI is InChI=1S/C16H17NO3.ClH/c18-14(13-4-2-1-3-5-13)10-17-9-12-6-7-15-16(8-12)20-11-19-15;/h1-8,14,17-18H,9-11H2;1H/p-1. The maximum atomic E-state index is 10.0. The maximum Gasteiger partial charge on any atom is 0.231 e. The number of ether oxygens (including phenoxy) is 2. The first-order valence-electron chi connectivity index (χ1n) is 6.65. The molecule has 0 radical (unpaired) electrons. The molecule has 1 unspecified atom stereocenters. The number of rotatable bonds is 5. The van der Waals surface area contributed by atoms with Crippen LogP contribution >= 0.6 is 0 Å². The minimum atomic E-state index is -0.495. The highest BCUT2D eigenvalue weighted by Crippen LogP contribution is 2.32. The van der Waals surface area contributed by atoms with Gasteiger partial charge in [0.05, 0.1) is 6.10 Å². The van der Waals surface area contributed by atoms with Gasteiger partial charge in [0.2, 0.25) is 6.79 Å². The molecule has 2 N–H and O–H groups in total. The lowest BCUT2D eigenvalue weighted by Gasteiger charge is -2.12. The normalized spacial score (nSPS) is 13.6. The van der Waals surface area contributed by atoms with Crippen LogP contribution in [0.1, 0.15) is 17.2 Å². The first-order valence-corrected chi connectivity index (χ1v) is 6.65. The third-order valence-electron chi connectivity index (χ3n) is 3.29. The van der Waals surface area contributed by atoms with Gasteiger partial charge in [-0.25, -0.2) is 0 Å². The van der Waals surface area contributed by atoms with E-state index in [0.717, 1.165) is 22.6 Å². The number of halogens is 1. The Morgan fingerprint density at radius 1 is 1.05 bits per heavy atom. The Balaban J connectivity index is 0.00000161. The van der Waals surface area contributed by atoms with Crippen LogP contribution in [0.4, 0.5) is 0 Å². The molecule has 0 bridgehead atoms. The Morgan fingerprint density at radius 2 is 1.81 bits per heavy atom. The molecule has 0 aromatic heterocycles. The summed E-state index contributed by atoms with van der Waals surface area (Å²) in [6.45, 7) is 1.48. The highest BCUT2D eigenvalue weighted by atomic mass is 35.5. The largest absolute Gasteiger partial charge is 1.00 e. The predicted molar refractivity (Wildman–Crippen MR) is 75.7 cm³/mol. The minimum Gasteiger partial charge on any atom is -1.00 e. The summed E-state index contributed by atoms with van der Waals surface area (Å²) < 4.78 is 10.6. The van der Waals surface area contributed by atoms with Crippen LogP contribution < -0.4 is 27.2 Å². The first-order chi connectivity index (χ1) is 9.83. The second kappa shape index (κ2) is 7.31. The van der Waals surface area contributed by atoms with Gasteiger partial charge >= 0.3 is 0 Å². The van der Waals surface area contributed by atoms with Crippen molar-refractivity contribution in [2.75, 3.05) is 13.3 Å². The van der Waals surface area contributed by atoms with E-state index < -0.39 is 6.10 Å². The zero-order valence-corrected chi connectivity index (χ0v) is 12.2. The van der Waals surface area contributed by atoms with Gasteiger partial charge in [-0.3, -0.25) is 0 Å². The summed E-state index contributed by atoms with van der Waals surface area (Å²) in [5.41, 5.74) is 2.03. The smallest absolute Gasteiger partial charge is 0.231 e. The lowest BCUT2D eigenvalue weighted by atomic mass is 10.1. The molecule has 3 rings (SSSR count). The van der Waals surface area contributed by atoms with E-state index in [9.17, 15) is 5.11 Å². The van der Waals surface area contributed by atoms with Crippen molar-refractivity contribution in [3.05, 3.63) is 59.7 Å². The number of fused-ring (bicyclic) bond motifs is 1. The highest BCUT2D eigenvalue weighted by molar-refractivity contribution is 5.44. The van der Waals surface area contributed by atoms with Crippen LogP contribution in [0, 0.1) is 0 Å². The Bertz CT molecular complexity index is 577. The molecule has 0 saturated heterocycles. The summed E-state index contributed by atoms with van der Waals surface area (Å²) in [5, 5.41) is 13.3. The van der Waals surface area contributed by atoms with Crippen molar-refractivity contribution in [2.45, 2.75) is 12.6 Å². The average molecular weight is 307 g/mol. The van der Waals surface area contributed by atoms with Crippen molar-refractivity contribution >= 4 is 0 Å². The molecule has 0 fully saturated rings. The molecule has 0 saturated carbocycles. The highest BCUT2D eigenvalue weighted by Gasteiger charge is 2.13. The average Bonchev–Trinajstić information content (AvgIpc) is 2.95. The van der Waals surface area contributed by atoms with Crippen LogP contribution in [0.15, 0.2) is 48.5 Å². The lowest BCUT2D eigenvalue weighted by Crippen LogP contribution is -3.00. The zero-order valence-electron chi connectivity index (χ0n) is 11.5. The molecule has 1 heterocycles. The summed E-state index contributed by atoms with van der Waals surface area (Å²) in [6.07, 6.45) is -0.495. The van der Waals surface area contributed by atoms with E-state index in [1.54, 1.807) is 0 Å². The Morgan fingerprint density at radius 3 is 2.62 bits per heavy atom. The summed E-state index contributed by atoms with van der Waals surface area (Å²) in [5.74, 6) is 1.57. The van der Waals surface area contributed by atoms with E-state index in [4.69, 9.17) is 9.47 Å². The van der Waals surface area contributed by atoms with Gasteiger partial charge in [0.15, 0.2) is 11.5 Å². The van der Waals surface area contributed by atoms with Crippen LogP contribution in [0.3, 0.4) is 0 Å². The molecule has 1 aliphatic rings. The third-order valence-corrected chi connectivity index (χ3v) is 3.29. The Kier molecular flexibility index (Phi) is 5.44. The topological polar surface area (TPSA) is 50.7 Å². The zero-order chi connectivity index (χ0) is 13.8. The molecule has 1 atom stereocenters. The van der Waals surface area contributed by atoms with Crippen molar-refractivity contribution < 1.29 is 27.0 Å². The second-order valence-electron chi connectivity index (χ2n) is 4.74. The number of aliphatic hydroxyl groups is 1. The van der Waals surface area contributed by atoms with E-state index in [1.165, 1.54) is 0 Å². The number of hydrogen-bond donors (Lipinski definition) is 2. The van der Waals surface area contributed by atoms with Gasteiger partial charge in [0, 0.05) is 13.1 Å². The van der Waals surface area contributed by atoms with Gasteiger partial charge in [-0.05, 0) is 23.3 Å². The van der Waals surface area contributed by atoms with Gasteiger partial charge in [0.1, 0.15) is 0 Å². The van der Waals surface area contributed by atoms with E-state index >= 15 is 0 Å². The van der Waals surface area contributed by atoms with Gasteiger partial charge in [-0.2, -0.15) is 0 Å². The monoisotopic (exact) mass is 306 g/mol. The van der Waals surface area contributed by atoms with Crippen molar-refractivity contribution in [1.82, 2.24) is 5.32 Å². The number of aliphatic hydroxyl groups excluding tert-OH is 1. The van der Waals surface area contributed by atoms with E-state index in [1.807, 2.05) is 48.5 Å². The number of benzene rings is 2. The molecule has 112 valence electrons. The van der Waals surface area contributed by atoms with Crippen molar-refractivity contribution in [3.8, 4) is 11.5 Å². The molecule has 5 heteroatoms. The third kappa shape index (κ3) is 3.88. The fourth-order valence-electron chi connectivity index (χ4n) is 2.20. The van der Waals surface area contributed by atoms with Crippen LogP contribution in [0.5, 0.6) is 11.5 Å². The summed E-state index contributed by atoms with van der Waals surface area (Å²) in [6, 6.07) is 15.5. The Labute approximate surface area is 130 Å². The minimum absolute atomic E-state index is 0. The van der Waals surface area contributed by atoms with Gasteiger partial charge < -0.3 is 32.3 Å². The van der Waals surface area contributed by atoms with Gasteiger partial charge in [0.25, 0.3) is 0 Å². The van der Waals surface area contributed by atoms with Crippen LogP contribution in [0.2, 0.25) is 0 Å². The van der Waals surface area contributed by atoms with Crippen molar-refractivity contribution in [3.63, 3.8) is 0 Å². The molecule has 2 aromatic carbocycles. The van der Waals surface area contributed by atoms with Crippen LogP contribution in [-0.4, -0.2) is 18.4 Å². The molecule has 0 spiro atoms.